The van der Waals surface area contributed by atoms with Gasteiger partial charge in [-0.2, -0.15) is 0 Å². The van der Waals surface area contributed by atoms with Gasteiger partial charge in [0, 0.05) is 5.56 Å². The highest BCUT2D eigenvalue weighted by atomic mass is 16.7. The number of hydrogen-bond acceptors (Lipinski definition) is 6. The first-order chi connectivity index (χ1) is 13.5. The number of amides is 3. The molecule has 0 fully saturated rings. The van der Waals surface area contributed by atoms with Crippen LogP contribution in [-0.2, 0) is 16.1 Å². The third kappa shape index (κ3) is 4.91. The third-order valence-corrected chi connectivity index (χ3v) is 3.87. The molecule has 1 heterocycles. The predicted octanol–water partition coefficient (Wildman–Crippen LogP) is 1.49. The number of carbonyl (C=O) groups is 3. The van der Waals surface area contributed by atoms with Crippen molar-refractivity contribution in [3.05, 3.63) is 59.7 Å². The summed E-state index contributed by atoms with van der Waals surface area (Å²) in [5.41, 5.74) is 5.63. The lowest BCUT2D eigenvalue weighted by Crippen LogP contribution is -2.51. The molecule has 0 saturated carbocycles. The van der Waals surface area contributed by atoms with Crippen LogP contribution in [0.2, 0.25) is 0 Å². The first kappa shape index (κ1) is 19.0. The van der Waals surface area contributed by atoms with E-state index in [1.54, 1.807) is 6.07 Å². The van der Waals surface area contributed by atoms with Crippen LogP contribution in [0.25, 0.3) is 0 Å². The maximum Gasteiger partial charge on any atom is 0.408 e. The van der Waals surface area contributed by atoms with Crippen molar-refractivity contribution in [2.45, 2.75) is 19.6 Å². The van der Waals surface area contributed by atoms with E-state index in [9.17, 15) is 14.4 Å². The molecule has 3 N–H and O–H groups in total. The Labute approximate surface area is 160 Å². The Morgan fingerprint density at radius 1 is 1.04 bits per heavy atom. The van der Waals surface area contributed by atoms with Gasteiger partial charge in [0.15, 0.2) is 11.5 Å². The lowest BCUT2D eigenvalue weighted by molar-refractivity contribution is -0.123. The normalized spacial score (nSPS) is 12.6. The Morgan fingerprint density at radius 2 is 1.79 bits per heavy atom. The van der Waals surface area contributed by atoms with E-state index in [1.807, 2.05) is 30.3 Å². The monoisotopic (exact) mass is 385 g/mol. The van der Waals surface area contributed by atoms with E-state index in [0.717, 1.165) is 5.56 Å². The van der Waals surface area contributed by atoms with Crippen molar-refractivity contribution in [1.29, 1.82) is 0 Å². The van der Waals surface area contributed by atoms with Gasteiger partial charge in [0.1, 0.15) is 12.6 Å². The Balaban J connectivity index is 1.42. The maximum atomic E-state index is 12.1. The molecule has 0 unspecified atom stereocenters. The predicted molar refractivity (Wildman–Crippen MR) is 97.4 cm³/mol. The Morgan fingerprint density at radius 3 is 2.57 bits per heavy atom. The molecule has 2 aromatic rings. The van der Waals surface area contributed by atoms with E-state index in [-0.39, 0.29) is 19.0 Å². The van der Waals surface area contributed by atoms with Crippen molar-refractivity contribution in [2.24, 2.45) is 0 Å². The quantitative estimate of drug-likeness (QED) is 0.672. The fraction of sp³-hybridized carbons (Fsp3) is 0.211. The van der Waals surface area contributed by atoms with Gasteiger partial charge in [-0.25, -0.2) is 4.79 Å². The van der Waals surface area contributed by atoms with Gasteiger partial charge in [-0.3, -0.25) is 20.4 Å². The number of hydrazine groups is 1. The zero-order valence-corrected chi connectivity index (χ0v) is 15.1. The second kappa shape index (κ2) is 8.76. The van der Waals surface area contributed by atoms with Crippen molar-refractivity contribution < 1.29 is 28.6 Å². The number of ether oxygens (including phenoxy) is 3. The highest BCUT2D eigenvalue weighted by Crippen LogP contribution is 2.32. The number of benzene rings is 2. The first-order valence-corrected chi connectivity index (χ1v) is 8.50. The van der Waals surface area contributed by atoms with Crippen LogP contribution in [0.15, 0.2) is 48.5 Å². The van der Waals surface area contributed by atoms with Gasteiger partial charge in [0.2, 0.25) is 6.79 Å². The number of carbonyl (C=O) groups excluding carboxylic acids is 3. The number of alkyl carbamates (subject to hydrolysis) is 1. The summed E-state index contributed by atoms with van der Waals surface area (Å²) in [6.45, 7) is 1.65. The Hall–Kier alpha value is -3.75. The van der Waals surface area contributed by atoms with Gasteiger partial charge < -0.3 is 19.5 Å². The minimum absolute atomic E-state index is 0.0852. The number of nitrogens with one attached hydrogen (secondary N) is 3. The first-order valence-electron chi connectivity index (χ1n) is 8.50. The highest BCUT2D eigenvalue weighted by molar-refractivity contribution is 5.96. The molecule has 28 heavy (non-hydrogen) atoms. The minimum Gasteiger partial charge on any atom is -0.454 e. The molecule has 0 bridgehead atoms. The van der Waals surface area contributed by atoms with Crippen LogP contribution in [-0.4, -0.2) is 30.7 Å². The van der Waals surface area contributed by atoms with Gasteiger partial charge in [-0.15, -0.1) is 0 Å². The number of fused-ring (bicyclic) bond motifs is 1. The van der Waals surface area contributed by atoms with Crippen molar-refractivity contribution >= 4 is 17.9 Å². The van der Waals surface area contributed by atoms with Gasteiger partial charge in [-0.05, 0) is 30.7 Å². The van der Waals surface area contributed by atoms with Crippen molar-refractivity contribution in [1.82, 2.24) is 16.2 Å². The fourth-order valence-corrected chi connectivity index (χ4v) is 2.34. The molecule has 0 saturated heterocycles. The van der Waals surface area contributed by atoms with E-state index >= 15 is 0 Å². The third-order valence-electron chi connectivity index (χ3n) is 3.87. The van der Waals surface area contributed by atoms with Crippen LogP contribution < -0.4 is 25.6 Å². The molecule has 0 aliphatic carbocycles. The van der Waals surface area contributed by atoms with E-state index in [0.29, 0.717) is 11.5 Å². The van der Waals surface area contributed by atoms with Gasteiger partial charge >= 0.3 is 6.09 Å². The van der Waals surface area contributed by atoms with Crippen molar-refractivity contribution in [2.75, 3.05) is 6.79 Å². The summed E-state index contributed by atoms with van der Waals surface area (Å²) in [4.78, 5) is 35.9. The average molecular weight is 385 g/mol. The van der Waals surface area contributed by atoms with Gasteiger partial charge in [0.25, 0.3) is 11.8 Å². The second-order valence-electron chi connectivity index (χ2n) is 5.94. The summed E-state index contributed by atoms with van der Waals surface area (Å²) < 4.78 is 15.4. The zero-order chi connectivity index (χ0) is 19.9. The largest absolute Gasteiger partial charge is 0.454 e. The van der Waals surface area contributed by atoms with Crippen LogP contribution in [0.1, 0.15) is 22.8 Å². The molecule has 146 valence electrons. The highest BCUT2D eigenvalue weighted by Gasteiger charge is 2.19. The van der Waals surface area contributed by atoms with Crippen LogP contribution in [0.3, 0.4) is 0 Å². The molecule has 1 atom stereocenters. The lowest BCUT2D eigenvalue weighted by Gasteiger charge is -2.15. The fourth-order valence-electron chi connectivity index (χ4n) is 2.34. The van der Waals surface area contributed by atoms with E-state index in [4.69, 9.17) is 14.2 Å². The molecule has 1 aliphatic heterocycles. The molecular formula is C19H19N3O6. The Kier molecular flexibility index (Phi) is 5.95. The van der Waals surface area contributed by atoms with Crippen LogP contribution in [0.5, 0.6) is 11.5 Å². The minimum atomic E-state index is -0.916. The molecular weight excluding hydrogens is 366 g/mol. The van der Waals surface area contributed by atoms with Gasteiger partial charge in [-0.1, -0.05) is 30.3 Å². The van der Waals surface area contributed by atoms with Crippen LogP contribution in [0.4, 0.5) is 4.79 Å². The van der Waals surface area contributed by atoms with Crippen LogP contribution >= 0.6 is 0 Å². The second-order valence-corrected chi connectivity index (χ2v) is 5.94. The smallest absolute Gasteiger partial charge is 0.408 e. The standard InChI is InChI=1S/C19H19N3O6/c1-12(20-19(25)26-10-13-5-3-2-4-6-13)17(23)21-22-18(24)14-7-8-15-16(9-14)28-11-27-15/h2-9,12H,10-11H2,1H3,(H,20,25)(H,21,23)(H,22,24)/t12-/m1/s1. The summed E-state index contributed by atoms with van der Waals surface area (Å²) in [5, 5.41) is 2.39. The number of hydrogen-bond donors (Lipinski definition) is 3. The molecule has 0 spiro atoms. The molecule has 0 radical (unpaired) electrons. The zero-order valence-electron chi connectivity index (χ0n) is 15.1. The number of rotatable bonds is 5. The SMILES string of the molecule is C[C@@H](NC(=O)OCc1ccccc1)C(=O)NNC(=O)c1ccc2c(c1)OCO2. The summed E-state index contributed by atoms with van der Waals surface area (Å²) in [7, 11) is 0. The molecule has 9 nitrogen and oxygen atoms in total. The molecule has 3 rings (SSSR count). The summed E-state index contributed by atoms with van der Waals surface area (Å²) >= 11 is 0. The average Bonchev–Trinajstić information content (AvgIpc) is 3.18. The van der Waals surface area contributed by atoms with Crippen LogP contribution in [0, 0.1) is 0 Å². The summed E-state index contributed by atoms with van der Waals surface area (Å²) in [6, 6.07) is 12.9. The maximum absolute atomic E-state index is 12.1. The Bertz CT molecular complexity index is 871. The van der Waals surface area contributed by atoms with E-state index in [1.165, 1.54) is 19.1 Å². The topological polar surface area (TPSA) is 115 Å². The van der Waals surface area contributed by atoms with E-state index in [2.05, 4.69) is 16.2 Å². The molecule has 1 aliphatic rings. The molecule has 9 heteroatoms. The lowest BCUT2D eigenvalue weighted by atomic mass is 10.2. The van der Waals surface area contributed by atoms with E-state index < -0.39 is 23.9 Å². The van der Waals surface area contributed by atoms with Crippen molar-refractivity contribution in [3.63, 3.8) is 0 Å². The van der Waals surface area contributed by atoms with Crippen molar-refractivity contribution in [3.8, 4) is 11.5 Å². The summed E-state index contributed by atoms with van der Waals surface area (Å²) in [6.07, 6.45) is -0.742. The molecule has 2 aromatic carbocycles. The molecule has 0 aromatic heterocycles. The molecule has 3 amide bonds. The van der Waals surface area contributed by atoms with Gasteiger partial charge in [0.05, 0.1) is 0 Å². The summed E-state index contributed by atoms with van der Waals surface area (Å²) in [5.74, 6) is -0.140.